The molecule has 0 aliphatic heterocycles. The molecule has 0 aromatic carbocycles. The highest BCUT2D eigenvalue weighted by Crippen LogP contribution is 2.16. The lowest BCUT2D eigenvalue weighted by atomic mass is 10.0. The summed E-state index contributed by atoms with van der Waals surface area (Å²) in [6, 6.07) is 0. The van der Waals surface area contributed by atoms with Crippen molar-refractivity contribution in [1.82, 2.24) is 0 Å². The molecule has 0 atom stereocenters. The fraction of sp³-hybridized carbons (Fsp3) is 0.583. The van der Waals surface area contributed by atoms with E-state index in [2.05, 4.69) is 23.0 Å². The third-order valence-corrected chi connectivity index (χ3v) is 2.35. The summed E-state index contributed by atoms with van der Waals surface area (Å²) in [6.07, 6.45) is 15.4. The summed E-state index contributed by atoms with van der Waals surface area (Å²) in [5.41, 5.74) is 1.47. The molecule has 0 N–H and O–H groups in total. The molecule has 0 saturated carbocycles. The van der Waals surface area contributed by atoms with Gasteiger partial charge in [0.05, 0.1) is 0 Å². The van der Waals surface area contributed by atoms with E-state index in [1.807, 2.05) is 0 Å². The molecule has 0 heterocycles. The molecule has 0 saturated heterocycles. The van der Waals surface area contributed by atoms with Gasteiger partial charge in [-0.05, 0) is 38.5 Å². The summed E-state index contributed by atoms with van der Waals surface area (Å²) in [6.45, 7) is 0.575. The Balaban J connectivity index is 1.96. The zero-order valence-corrected chi connectivity index (χ0v) is 8.54. The molecule has 0 bridgehead atoms. The zero-order valence-electron chi connectivity index (χ0n) is 8.54. The highest BCUT2D eigenvalue weighted by molar-refractivity contribution is 5.21. The molecule has 0 spiro atoms. The minimum atomic E-state index is 0.575. The largest absolute Gasteiger partial charge is 0.428 e. The second-order valence-corrected chi connectivity index (χ2v) is 3.51. The van der Waals surface area contributed by atoms with E-state index < -0.39 is 0 Å². The van der Waals surface area contributed by atoms with Crippen molar-refractivity contribution in [2.24, 2.45) is 0 Å². The van der Waals surface area contributed by atoms with Crippen LogP contribution in [-0.2, 0) is 4.74 Å². The first-order valence-corrected chi connectivity index (χ1v) is 5.30. The number of hydrogen-bond acceptors (Lipinski definition) is 2. The molecule has 0 fully saturated rings. The highest BCUT2D eigenvalue weighted by Gasteiger charge is 1.97. The lowest BCUT2D eigenvalue weighted by molar-refractivity contribution is 0.261. The van der Waals surface area contributed by atoms with Gasteiger partial charge < -0.3 is 4.74 Å². The van der Waals surface area contributed by atoms with Gasteiger partial charge in [0.15, 0.2) is 0 Å². The number of nitriles is 1. The molecular weight excluding hydrogens is 174 g/mol. The van der Waals surface area contributed by atoms with Gasteiger partial charge in [-0.15, -0.1) is 0 Å². The average molecular weight is 191 g/mol. The summed E-state index contributed by atoms with van der Waals surface area (Å²) < 4.78 is 4.60. The quantitative estimate of drug-likeness (QED) is 0.476. The van der Waals surface area contributed by atoms with Crippen molar-refractivity contribution in [3.63, 3.8) is 0 Å². The molecule has 0 aromatic heterocycles. The number of rotatable bonds is 6. The van der Waals surface area contributed by atoms with Crippen molar-refractivity contribution in [2.75, 3.05) is 6.61 Å². The summed E-state index contributed by atoms with van der Waals surface area (Å²) in [5, 5.41) is 8.14. The third-order valence-electron chi connectivity index (χ3n) is 2.35. The second-order valence-electron chi connectivity index (χ2n) is 3.51. The molecule has 1 aliphatic rings. The van der Waals surface area contributed by atoms with Crippen LogP contribution in [-0.4, -0.2) is 6.61 Å². The van der Waals surface area contributed by atoms with E-state index in [0.29, 0.717) is 6.61 Å². The number of nitrogens with zero attached hydrogens (tertiary/aromatic N) is 1. The summed E-state index contributed by atoms with van der Waals surface area (Å²) in [5.74, 6) is 0. The van der Waals surface area contributed by atoms with E-state index in [-0.39, 0.29) is 0 Å². The van der Waals surface area contributed by atoms with E-state index in [1.165, 1.54) is 31.3 Å². The molecule has 14 heavy (non-hydrogen) atoms. The Hall–Kier alpha value is -1.23. The van der Waals surface area contributed by atoms with Crippen LogP contribution in [0.25, 0.3) is 0 Å². The highest BCUT2D eigenvalue weighted by atomic mass is 16.5. The first kappa shape index (κ1) is 10.8. The Morgan fingerprint density at radius 3 is 2.93 bits per heavy atom. The maximum absolute atomic E-state index is 8.14. The Labute approximate surface area is 85.9 Å². The van der Waals surface area contributed by atoms with Crippen LogP contribution in [0.3, 0.4) is 0 Å². The number of ether oxygens (including phenoxy) is 1. The maximum Gasteiger partial charge on any atom is 0.286 e. The van der Waals surface area contributed by atoms with E-state index in [4.69, 9.17) is 5.26 Å². The van der Waals surface area contributed by atoms with Gasteiger partial charge in [-0.25, -0.2) is 0 Å². The van der Waals surface area contributed by atoms with Crippen molar-refractivity contribution in [2.45, 2.75) is 38.5 Å². The van der Waals surface area contributed by atoms with E-state index in [9.17, 15) is 0 Å². The SMILES string of the molecule is N#COCCCCCC1=CCCC=C1. The van der Waals surface area contributed by atoms with Gasteiger partial charge in [-0.3, -0.25) is 0 Å². The van der Waals surface area contributed by atoms with Gasteiger partial charge in [-0.2, -0.15) is 5.26 Å². The smallest absolute Gasteiger partial charge is 0.286 e. The van der Waals surface area contributed by atoms with Gasteiger partial charge in [-0.1, -0.05) is 23.8 Å². The van der Waals surface area contributed by atoms with Gasteiger partial charge in [0.25, 0.3) is 6.26 Å². The molecule has 2 nitrogen and oxygen atoms in total. The summed E-state index contributed by atoms with van der Waals surface area (Å²) in [7, 11) is 0. The Morgan fingerprint density at radius 1 is 1.29 bits per heavy atom. The molecule has 0 radical (unpaired) electrons. The minimum absolute atomic E-state index is 0.575. The van der Waals surface area contributed by atoms with Gasteiger partial charge in [0.2, 0.25) is 0 Å². The van der Waals surface area contributed by atoms with Crippen LogP contribution in [0.2, 0.25) is 0 Å². The van der Waals surface area contributed by atoms with Crippen LogP contribution >= 0.6 is 0 Å². The second kappa shape index (κ2) is 7.20. The number of hydrogen-bond donors (Lipinski definition) is 0. The van der Waals surface area contributed by atoms with Crippen LogP contribution in [0.5, 0.6) is 0 Å². The standard InChI is InChI=1S/C12H17NO/c13-11-14-10-6-2-5-9-12-7-3-1-4-8-12/h3,7-8H,1-2,4-6,9-10H2. The topological polar surface area (TPSA) is 33.0 Å². The van der Waals surface area contributed by atoms with Crippen LogP contribution in [0, 0.1) is 11.5 Å². The van der Waals surface area contributed by atoms with Crippen molar-refractivity contribution < 1.29 is 4.74 Å². The maximum atomic E-state index is 8.14. The molecular formula is C12H17NO. The average Bonchev–Trinajstić information content (AvgIpc) is 2.25. The van der Waals surface area contributed by atoms with Crippen molar-refractivity contribution in [1.29, 1.82) is 5.26 Å². The predicted molar refractivity (Wildman–Crippen MR) is 56.5 cm³/mol. The molecule has 2 heteroatoms. The fourth-order valence-electron chi connectivity index (χ4n) is 1.58. The van der Waals surface area contributed by atoms with Gasteiger partial charge in [0.1, 0.15) is 6.61 Å². The Kier molecular flexibility index (Phi) is 5.58. The summed E-state index contributed by atoms with van der Waals surface area (Å²) >= 11 is 0. The van der Waals surface area contributed by atoms with Crippen molar-refractivity contribution in [3.05, 3.63) is 23.8 Å². The third kappa shape index (κ3) is 4.71. The van der Waals surface area contributed by atoms with E-state index in [1.54, 1.807) is 6.26 Å². The molecule has 0 amide bonds. The molecule has 76 valence electrons. The Bertz CT molecular complexity index is 248. The first-order valence-electron chi connectivity index (χ1n) is 5.30. The van der Waals surface area contributed by atoms with Crippen molar-refractivity contribution in [3.8, 4) is 6.26 Å². The first-order chi connectivity index (χ1) is 6.93. The molecule has 0 aromatic rings. The lowest BCUT2D eigenvalue weighted by Gasteiger charge is -2.06. The van der Waals surface area contributed by atoms with Gasteiger partial charge >= 0.3 is 0 Å². The van der Waals surface area contributed by atoms with E-state index >= 15 is 0 Å². The van der Waals surface area contributed by atoms with Crippen LogP contribution in [0.4, 0.5) is 0 Å². The molecule has 1 rings (SSSR count). The predicted octanol–water partition coefficient (Wildman–Crippen LogP) is 3.32. The zero-order chi connectivity index (χ0) is 10.1. The van der Waals surface area contributed by atoms with Crippen LogP contribution < -0.4 is 0 Å². The molecule has 1 aliphatic carbocycles. The van der Waals surface area contributed by atoms with Crippen LogP contribution in [0.15, 0.2) is 23.8 Å². The van der Waals surface area contributed by atoms with Gasteiger partial charge in [0, 0.05) is 0 Å². The van der Waals surface area contributed by atoms with Crippen LogP contribution in [0.1, 0.15) is 38.5 Å². The number of allylic oxidation sites excluding steroid dienone is 4. The number of unbranched alkanes of at least 4 members (excludes halogenated alkanes) is 2. The van der Waals surface area contributed by atoms with Crippen molar-refractivity contribution >= 4 is 0 Å². The Morgan fingerprint density at radius 2 is 2.21 bits per heavy atom. The fourth-order valence-corrected chi connectivity index (χ4v) is 1.58. The molecule has 0 unspecified atom stereocenters. The normalized spacial score (nSPS) is 14.6. The minimum Gasteiger partial charge on any atom is -0.428 e. The lowest BCUT2D eigenvalue weighted by Crippen LogP contribution is -1.89. The van der Waals surface area contributed by atoms with E-state index in [0.717, 1.165) is 12.8 Å². The summed E-state index contributed by atoms with van der Waals surface area (Å²) in [4.78, 5) is 0. The monoisotopic (exact) mass is 191 g/mol.